The third kappa shape index (κ3) is 3.30. The van der Waals surface area contributed by atoms with Crippen LogP contribution in [0.5, 0.6) is 5.75 Å². The molecule has 0 aliphatic heterocycles. The van der Waals surface area contributed by atoms with Crippen molar-refractivity contribution in [2.24, 2.45) is 0 Å². The van der Waals surface area contributed by atoms with Gasteiger partial charge in [-0.1, -0.05) is 25.1 Å². The number of hydrogen-bond acceptors (Lipinski definition) is 2. The highest BCUT2D eigenvalue weighted by Gasteiger charge is 2.12. The van der Waals surface area contributed by atoms with E-state index in [-0.39, 0.29) is 11.4 Å². The van der Waals surface area contributed by atoms with Crippen LogP contribution in [-0.2, 0) is 12.4 Å². The normalized spacial score (nSPS) is 10.6. The Morgan fingerprint density at radius 3 is 2.57 bits per heavy atom. The third-order valence-corrected chi connectivity index (χ3v) is 3.63. The zero-order chi connectivity index (χ0) is 15.2. The fraction of sp³-hybridized carbons (Fsp3) is 0.353. The molecule has 112 valence electrons. The van der Waals surface area contributed by atoms with Crippen LogP contribution in [0.3, 0.4) is 0 Å². The zero-order valence-corrected chi connectivity index (χ0v) is 13.2. The number of pyridine rings is 1. The van der Waals surface area contributed by atoms with Gasteiger partial charge in [-0.3, -0.25) is 4.79 Å². The summed E-state index contributed by atoms with van der Waals surface area (Å²) in [6, 6.07) is 11.5. The van der Waals surface area contributed by atoms with Crippen LogP contribution in [0, 0.1) is 0 Å². The van der Waals surface area contributed by atoms with Gasteiger partial charge in [0.15, 0.2) is 0 Å². The highest BCUT2D eigenvalue weighted by atomic mass is 35.5. The molecule has 1 heterocycles. The molecule has 0 saturated heterocycles. The number of aromatic nitrogens is 1. The van der Waals surface area contributed by atoms with E-state index in [1.54, 1.807) is 10.6 Å². The van der Waals surface area contributed by atoms with Crippen LogP contribution in [0.15, 0.2) is 41.2 Å². The Morgan fingerprint density at radius 2 is 1.90 bits per heavy atom. The summed E-state index contributed by atoms with van der Waals surface area (Å²) in [6.45, 7) is 5.28. The number of benzene rings is 1. The molecule has 21 heavy (non-hydrogen) atoms. The van der Waals surface area contributed by atoms with E-state index < -0.39 is 0 Å². The van der Waals surface area contributed by atoms with Crippen molar-refractivity contribution in [3.8, 4) is 17.0 Å². The number of alkyl halides is 1. The predicted molar refractivity (Wildman–Crippen MR) is 87.2 cm³/mol. The highest BCUT2D eigenvalue weighted by Crippen LogP contribution is 2.29. The molecule has 0 spiro atoms. The second kappa shape index (κ2) is 7.32. The van der Waals surface area contributed by atoms with Crippen molar-refractivity contribution in [1.82, 2.24) is 4.57 Å². The lowest BCUT2D eigenvalue weighted by Crippen LogP contribution is -2.23. The maximum absolute atomic E-state index is 12.4. The maximum Gasteiger partial charge on any atom is 0.255 e. The minimum absolute atomic E-state index is 0.0321. The molecule has 1 aromatic heterocycles. The minimum Gasteiger partial charge on any atom is -0.493 e. The summed E-state index contributed by atoms with van der Waals surface area (Å²) >= 11 is 5.82. The van der Waals surface area contributed by atoms with Crippen LogP contribution in [-0.4, -0.2) is 11.2 Å². The smallest absolute Gasteiger partial charge is 0.255 e. The van der Waals surface area contributed by atoms with Gasteiger partial charge >= 0.3 is 0 Å². The van der Waals surface area contributed by atoms with Crippen LogP contribution in [0.1, 0.15) is 25.8 Å². The van der Waals surface area contributed by atoms with Crippen LogP contribution >= 0.6 is 11.6 Å². The van der Waals surface area contributed by atoms with Crippen molar-refractivity contribution >= 4 is 11.6 Å². The lowest BCUT2D eigenvalue weighted by atomic mass is 10.1. The van der Waals surface area contributed by atoms with E-state index in [1.165, 1.54) is 0 Å². The van der Waals surface area contributed by atoms with Gasteiger partial charge in [-0.15, -0.1) is 11.6 Å². The van der Waals surface area contributed by atoms with Crippen LogP contribution in [0.4, 0.5) is 0 Å². The Balaban J connectivity index is 2.57. The molecule has 0 fully saturated rings. The standard InChI is InChI=1S/C17H20ClNO2/c1-3-11-21-16-8-6-5-7-14(16)15-10-9-13(12-18)17(20)19(15)4-2/h5-10H,3-4,11-12H2,1-2H3. The van der Waals surface area contributed by atoms with Gasteiger partial charge < -0.3 is 9.30 Å². The maximum atomic E-state index is 12.4. The summed E-state index contributed by atoms with van der Waals surface area (Å²) in [4.78, 5) is 12.4. The Bertz CT molecular complexity index is 664. The average molecular weight is 306 g/mol. The van der Waals surface area contributed by atoms with Crippen molar-refractivity contribution in [2.75, 3.05) is 6.61 Å². The molecule has 2 aromatic rings. The fourth-order valence-electron chi connectivity index (χ4n) is 2.29. The fourth-order valence-corrected chi connectivity index (χ4v) is 2.49. The monoisotopic (exact) mass is 305 g/mol. The molecule has 0 bridgehead atoms. The number of hydrogen-bond donors (Lipinski definition) is 0. The third-order valence-electron chi connectivity index (χ3n) is 3.34. The molecule has 0 aliphatic rings. The van der Waals surface area contributed by atoms with Crippen LogP contribution in [0.25, 0.3) is 11.3 Å². The summed E-state index contributed by atoms with van der Waals surface area (Å²) in [7, 11) is 0. The minimum atomic E-state index is -0.0321. The molecule has 0 aliphatic carbocycles. The Labute approximate surface area is 130 Å². The predicted octanol–water partition coefficient (Wildman–Crippen LogP) is 4.06. The molecule has 0 unspecified atom stereocenters. The Morgan fingerprint density at radius 1 is 1.14 bits per heavy atom. The molecule has 0 amide bonds. The summed E-state index contributed by atoms with van der Waals surface area (Å²) in [5.74, 6) is 1.03. The van der Waals surface area contributed by atoms with Crippen molar-refractivity contribution in [3.63, 3.8) is 0 Å². The van der Waals surface area contributed by atoms with Gasteiger partial charge in [-0.05, 0) is 31.5 Å². The second-order valence-corrected chi connectivity index (χ2v) is 5.04. The summed E-state index contributed by atoms with van der Waals surface area (Å²) in [5.41, 5.74) is 2.39. The van der Waals surface area contributed by atoms with Crippen LogP contribution < -0.4 is 10.3 Å². The first kappa shape index (κ1) is 15.6. The first-order valence-electron chi connectivity index (χ1n) is 7.23. The molecule has 0 radical (unpaired) electrons. The van der Waals surface area contributed by atoms with Crippen molar-refractivity contribution in [3.05, 3.63) is 52.3 Å². The Kier molecular flexibility index (Phi) is 5.45. The number of rotatable bonds is 6. The lowest BCUT2D eigenvalue weighted by Gasteiger charge is -2.16. The van der Waals surface area contributed by atoms with E-state index in [2.05, 4.69) is 6.92 Å². The number of nitrogens with zero attached hydrogens (tertiary/aromatic N) is 1. The van der Waals surface area contributed by atoms with Crippen molar-refractivity contribution in [1.29, 1.82) is 0 Å². The van der Waals surface area contributed by atoms with Gasteiger partial charge in [0, 0.05) is 17.7 Å². The summed E-state index contributed by atoms with van der Waals surface area (Å²) in [6.07, 6.45) is 0.945. The molecule has 1 aromatic carbocycles. The largest absolute Gasteiger partial charge is 0.493 e. The molecular formula is C17H20ClNO2. The quantitative estimate of drug-likeness (QED) is 0.754. The van der Waals surface area contributed by atoms with E-state index in [9.17, 15) is 4.79 Å². The topological polar surface area (TPSA) is 31.2 Å². The number of ether oxygens (including phenoxy) is 1. The molecule has 4 heteroatoms. The van der Waals surface area contributed by atoms with Crippen molar-refractivity contribution in [2.45, 2.75) is 32.7 Å². The van der Waals surface area contributed by atoms with E-state index in [0.717, 1.165) is 23.4 Å². The van der Waals surface area contributed by atoms with E-state index in [0.29, 0.717) is 18.7 Å². The first-order valence-corrected chi connectivity index (χ1v) is 7.77. The average Bonchev–Trinajstić information content (AvgIpc) is 2.53. The van der Waals surface area contributed by atoms with Crippen molar-refractivity contribution < 1.29 is 4.74 Å². The van der Waals surface area contributed by atoms with Gasteiger partial charge in [-0.2, -0.15) is 0 Å². The number of halogens is 1. The second-order valence-electron chi connectivity index (χ2n) is 4.77. The van der Waals surface area contributed by atoms with Gasteiger partial charge in [0.1, 0.15) is 5.75 Å². The molecule has 3 nitrogen and oxygen atoms in total. The summed E-state index contributed by atoms with van der Waals surface area (Å²) in [5, 5.41) is 0. The molecular weight excluding hydrogens is 286 g/mol. The van der Waals surface area contributed by atoms with E-state index in [1.807, 2.05) is 37.3 Å². The lowest BCUT2D eigenvalue weighted by molar-refractivity contribution is 0.318. The molecule has 0 atom stereocenters. The van der Waals surface area contributed by atoms with Gasteiger partial charge in [0.05, 0.1) is 18.2 Å². The molecule has 0 N–H and O–H groups in total. The number of para-hydroxylation sites is 1. The molecule has 2 rings (SSSR count). The van der Waals surface area contributed by atoms with E-state index >= 15 is 0 Å². The Hall–Kier alpha value is -1.74. The zero-order valence-electron chi connectivity index (χ0n) is 12.4. The van der Waals surface area contributed by atoms with Gasteiger partial charge in [-0.25, -0.2) is 0 Å². The van der Waals surface area contributed by atoms with Crippen LogP contribution in [0.2, 0.25) is 0 Å². The van der Waals surface area contributed by atoms with Gasteiger partial charge in [0.25, 0.3) is 5.56 Å². The highest BCUT2D eigenvalue weighted by molar-refractivity contribution is 6.17. The summed E-state index contributed by atoms with van der Waals surface area (Å²) < 4.78 is 7.54. The SMILES string of the molecule is CCCOc1ccccc1-c1ccc(CCl)c(=O)n1CC. The van der Waals surface area contributed by atoms with Gasteiger partial charge in [0.2, 0.25) is 0 Å². The van der Waals surface area contributed by atoms with E-state index in [4.69, 9.17) is 16.3 Å². The first-order chi connectivity index (χ1) is 10.2. The molecule has 0 saturated carbocycles.